The molecule has 22 heavy (non-hydrogen) atoms. The van der Waals surface area contributed by atoms with Crippen LogP contribution in [0.2, 0.25) is 0 Å². The molecule has 0 spiro atoms. The van der Waals surface area contributed by atoms with Gasteiger partial charge in [-0.25, -0.2) is 4.39 Å². The van der Waals surface area contributed by atoms with Gasteiger partial charge in [-0.1, -0.05) is 38.1 Å². The third-order valence-corrected chi connectivity index (χ3v) is 5.69. The van der Waals surface area contributed by atoms with Crippen LogP contribution in [0.1, 0.15) is 41.4 Å². The van der Waals surface area contributed by atoms with Crippen molar-refractivity contribution >= 4 is 17.4 Å². The Kier molecular flexibility index (Phi) is 4.44. The van der Waals surface area contributed by atoms with Crippen molar-refractivity contribution in [3.8, 4) is 0 Å². The van der Waals surface area contributed by atoms with E-state index in [0.29, 0.717) is 12.5 Å². The molecule has 0 aromatic heterocycles. The van der Waals surface area contributed by atoms with Crippen LogP contribution in [0.25, 0.3) is 0 Å². The number of para-hydroxylation sites is 1. The quantitative estimate of drug-likeness (QED) is 0.813. The van der Waals surface area contributed by atoms with Crippen molar-refractivity contribution in [1.82, 2.24) is 0 Å². The maximum absolute atomic E-state index is 14.6. The average Bonchev–Trinajstić information content (AvgIpc) is 2.69. The Morgan fingerprint density at radius 2 is 1.86 bits per heavy atom. The molecule has 3 rings (SSSR count). The first-order valence-corrected chi connectivity index (χ1v) is 9.05. The Morgan fingerprint density at radius 1 is 1.09 bits per heavy atom. The number of nitrogens with one attached hydrogen (secondary N) is 1. The lowest BCUT2D eigenvalue weighted by atomic mass is 9.91. The lowest BCUT2D eigenvalue weighted by Crippen LogP contribution is -2.12. The molecular formula is C19H22FNS. The van der Waals surface area contributed by atoms with E-state index in [-0.39, 0.29) is 11.1 Å². The Balaban J connectivity index is 2.10. The Labute approximate surface area is 136 Å². The molecule has 0 bridgehead atoms. The highest BCUT2D eigenvalue weighted by atomic mass is 32.2. The van der Waals surface area contributed by atoms with E-state index in [1.807, 2.05) is 12.1 Å². The molecule has 0 amide bonds. The molecule has 0 saturated carbocycles. The summed E-state index contributed by atoms with van der Waals surface area (Å²) in [6.07, 6.45) is 2.94. The van der Waals surface area contributed by atoms with Gasteiger partial charge in [0.2, 0.25) is 0 Å². The van der Waals surface area contributed by atoms with Crippen molar-refractivity contribution in [2.45, 2.75) is 32.1 Å². The molecule has 1 N–H and O–H groups in total. The predicted octanol–water partition coefficient (Wildman–Crippen LogP) is 5.40. The zero-order valence-electron chi connectivity index (χ0n) is 13.3. The molecule has 2 aromatic carbocycles. The van der Waals surface area contributed by atoms with Gasteiger partial charge in [0.05, 0.1) is 0 Å². The van der Waals surface area contributed by atoms with Gasteiger partial charge in [0.15, 0.2) is 0 Å². The zero-order valence-corrected chi connectivity index (χ0v) is 14.1. The Bertz CT molecular complexity index is 681. The minimum absolute atomic E-state index is 0.0699. The van der Waals surface area contributed by atoms with Gasteiger partial charge in [0.1, 0.15) is 5.82 Å². The highest BCUT2D eigenvalue weighted by molar-refractivity contribution is 7.98. The molecule has 1 aliphatic heterocycles. The van der Waals surface area contributed by atoms with Crippen molar-refractivity contribution in [2.75, 3.05) is 11.6 Å². The summed E-state index contributed by atoms with van der Waals surface area (Å²) in [6.45, 7) is 5.03. The maximum atomic E-state index is 14.6. The lowest BCUT2D eigenvalue weighted by molar-refractivity contribution is 0.562. The molecule has 0 radical (unpaired) electrons. The molecule has 1 aliphatic rings. The fourth-order valence-corrected chi connectivity index (χ4v) is 4.36. The van der Waals surface area contributed by atoms with E-state index in [4.69, 9.17) is 0 Å². The zero-order chi connectivity index (χ0) is 15.7. The number of benzene rings is 2. The van der Waals surface area contributed by atoms with E-state index in [1.54, 1.807) is 17.8 Å². The number of anilines is 1. The summed E-state index contributed by atoms with van der Waals surface area (Å²) in [6, 6.07) is 12.0. The van der Waals surface area contributed by atoms with Gasteiger partial charge in [-0.05, 0) is 47.4 Å². The first-order valence-electron chi connectivity index (χ1n) is 7.76. The van der Waals surface area contributed by atoms with Crippen LogP contribution in [0.4, 0.5) is 10.1 Å². The van der Waals surface area contributed by atoms with Crippen molar-refractivity contribution in [1.29, 1.82) is 0 Å². The summed E-state index contributed by atoms with van der Waals surface area (Å²) in [5, 5.41) is 3.68. The van der Waals surface area contributed by atoms with Gasteiger partial charge >= 0.3 is 0 Å². The number of hydrogen-bond donors (Lipinski definition) is 1. The van der Waals surface area contributed by atoms with Gasteiger partial charge in [-0.15, -0.1) is 0 Å². The van der Waals surface area contributed by atoms with Gasteiger partial charge in [-0.2, -0.15) is 11.8 Å². The van der Waals surface area contributed by atoms with Crippen molar-refractivity contribution < 1.29 is 4.39 Å². The monoisotopic (exact) mass is 315 g/mol. The summed E-state index contributed by atoms with van der Waals surface area (Å²) in [4.78, 5) is 0. The molecule has 1 nitrogen and oxygen atoms in total. The molecule has 3 heteroatoms. The molecule has 0 aliphatic carbocycles. The Morgan fingerprint density at radius 3 is 2.59 bits per heavy atom. The van der Waals surface area contributed by atoms with Crippen LogP contribution in [-0.4, -0.2) is 6.26 Å². The highest BCUT2D eigenvalue weighted by Crippen LogP contribution is 2.40. The molecule has 2 aromatic rings. The topological polar surface area (TPSA) is 12.0 Å². The summed E-state index contributed by atoms with van der Waals surface area (Å²) >= 11 is 1.74. The first kappa shape index (κ1) is 15.4. The standard InChI is InChI=1S/C19H22FNS/c1-12(2)19(22-3)18-15-11-21-17-7-5-4-6-14(17)10-13(15)8-9-16(18)20/h4-9,12,19,21H,10-11H2,1-3H3. The molecule has 116 valence electrons. The van der Waals surface area contributed by atoms with Crippen LogP contribution < -0.4 is 5.32 Å². The summed E-state index contributed by atoms with van der Waals surface area (Å²) in [7, 11) is 0. The molecule has 1 unspecified atom stereocenters. The van der Waals surface area contributed by atoms with E-state index in [1.165, 1.54) is 11.1 Å². The second-order valence-electron chi connectivity index (χ2n) is 6.19. The number of hydrogen-bond acceptors (Lipinski definition) is 2. The van der Waals surface area contributed by atoms with E-state index in [0.717, 1.165) is 23.2 Å². The van der Waals surface area contributed by atoms with Crippen LogP contribution in [0.5, 0.6) is 0 Å². The molecule has 0 saturated heterocycles. The van der Waals surface area contributed by atoms with Crippen LogP contribution in [0.15, 0.2) is 36.4 Å². The van der Waals surface area contributed by atoms with Gasteiger partial charge in [-0.3, -0.25) is 0 Å². The summed E-state index contributed by atoms with van der Waals surface area (Å²) in [5.74, 6) is 0.334. The second kappa shape index (κ2) is 6.33. The number of halogens is 1. The minimum Gasteiger partial charge on any atom is -0.381 e. The lowest BCUT2D eigenvalue weighted by Gasteiger charge is -2.24. The molecular weight excluding hydrogens is 293 g/mol. The fraction of sp³-hybridized carbons (Fsp3) is 0.368. The smallest absolute Gasteiger partial charge is 0.127 e. The fourth-order valence-electron chi connectivity index (χ4n) is 3.32. The van der Waals surface area contributed by atoms with Gasteiger partial charge in [0.25, 0.3) is 0 Å². The average molecular weight is 315 g/mol. The van der Waals surface area contributed by atoms with Crippen molar-refractivity contribution in [3.05, 3.63) is 64.5 Å². The number of fused-ring (bicyclic) bond motifs is 2. The van der Waals surface area contributed by atoms with E-state index in [2.05, 4.69) is 43.6 Å². The van der Waals surface area contributed by atoms with E-state index >= 15 is 0 Å². The number of thioether (sulfide) groups is 1. The Hall–Kier alpha value is -1.48. The van der Waals surface area contributed by atoms with Crippen molar-refractivity contribution in [2.24, 2.45) is 5.92 Å². The largest absolute Gasteiger partial charge is 0.381 e. The molecule has 0 fully saturated rings. The van der Waals surface area contributed by atoms with E-state index < -0.39 is 0 Å². The first-order chi connectivity index (χ1) is 10.6. The van der Waals surface area contributed by atoms with Crippen LogP contribution in [0, 0.1) is 11.7 Å². The highest BCUT2D eigenvalue weighted by Gasteiger charge is 2.25. The number of rotatable bonds is 3. The predicted molar refractivity (Wildman–Crippen MR) is 94.1 cm³/mol. The molecule has 1 heterocycles. The normalized spacial score (nSPS) is 14.8. The van der Waals surface area contributed by atoms with E-state index in [9.17, 15) is 4.39 Å². The third kappa shape index (κ3) is 2.74. The van der Waals surface area contributed by atoms with Crippen molar-refractivity contribution in [3.63, 3.8) is 0 Å². The second-order valence-corrected chi connectivity index (χ2v) is 7.17. The maximum Gasteiger partial charge on any atom is 0.127 e. The minimum atomic E-state index is -0.0699. The third-order valence-electron chi connectivity index (χ3n) is 4.40. The van der Waals surface area contributed by atoms with Gasteiger partial charge in [0, 0.05) is 23.0 Å². The van der Waals surface area contributed by atoms with Crippen LogP contribution >= 0.6 is 11.8 Å². The van der Waals surface area contributed by atoms with Crippen LogP contribution in [0.3, 0.4) is 0 Å². The summed E-state index contributed by atoms with van der Waals surface area (Å²) in [5.41, 5.74) is 5.72. The van der Waals surface area contributed by atoms with Gasteiger partial charge < -0.3 is 5.32 Å². The summed E-state index contributed by atoms with van der Waals surface area (Å²) < 4.78 is 14.6. The SMILES string of the molecule is CSC(c1c(F)ccc2c1CNc1ccccc1C2)C(C)C. The van der Waals surface area contributed by atoms with Crippen LogP contribution in [-0.2, 0) is 13.0 Å². The molecule has 1 atom stereocenters.